The van der Waals surface area contributed by atoms with Gasteiger partial charge in [0.2, 0.25) is 5.91 Å². The van der Waals surface area contributed by atoms with Crippen molar-refractivity contribution in [2.75, 3.05) is 25.0 Å². The number of rotatable bonds is 4. The van der Waals surface area contributed by atoms with Crippen LogP contribution in [-0.4, -0.2) is 53.2 Å². The summed E-state index contributed by atoms with van der Waals surface area (Å²) >= 11 is 0. The summed E-state index contributed by atoms with van der Waals surface area (Å²) < 4.78 is 5.22. The molecule has 0 bridgehead atoms. The molecule has 2 aliphatic rings. The number of aliphatic carboxylic acids is 1. The van der Waals surface area contributed by atoms with Crippen LogP contribution in [0.4, 0.5) is 5.69 Å². The third-order valence-electron chi connectivity index (χ3n) is 4.65. The van der Waals surface area contributed by atoms with E-state index < -0.39 is 17.6 Å². The number of carboxylic acid groups (broad SMARTS) is 1. The molecule has 0 spiro atoms. The van der Waals surface area contributed by atoms with E-state index in [0.717, 1.165) is 31.4 Å². The number of carbonyl (C=O) groups excluding carboxylic acids is 1. The van der Waals surface area contributed by atoms with Gasteiger partial charge in [-0.1, -0.05) is 31.0 Å². The third kappa shape index (κ3) is 3.32. The fraction of sp³-hybridized carbons (Fsp3) is 0.529. The Labute approximate surface area is 135 Å². The monoisotopic (exact) mass is 318 g/mol. The van der Waals surface area contributed by atoms with Crippen LogP contribution in [0.15, 0.2) is 30.3 Å². The summed E-state index contributed by atoms with van der Waals surface area (Å²) in [5.41, 5.74) is 0.299. The van der Waals surface area contributed by atoms with Crippen molar-refractivity contribution < 1.29 is 19.4 Å². The summed E-state index contributed by atoms with van der Waals surface area (Å²) in [5.74, 6) is -1.02. The number of anilines is 1. The second kappa shape index (κ2) is 6.58. The van der Waals surface area contributed by atoms with Crippen molar-refractivity contribution >= 4 is 17.6 Å². The van der Waals surface area contributed by atoms with E-state index in [4.69, 9.17) is 9.84 Å². The molecule has 0 unspecified atom stereocenters. The highest BCUT2D eigenvalue weighted by Crippen LogP contribution is 2.35. The molecule has 1 heterocycles. The summed E-state index contributed by atoms with van der Waals surface area (Å²) in [6.07, 6.45) is 2.62. The molecule has 23 heavy (non-hydrogen) atoms. The molecule has 1 aromatic rings. The minimum Gasteiger partial charge on any atom is -0.479 e. The van der Waals surface area contributed by atoms with Gasteiger partial charge in [-0.15, -0.1) is 0 Å². The number of para-hydroxylation sites is 1. The number of hydrogen-bond acceptors (Lipinski definition) is 4. The first-order valence-corrected chi connectivity index (χ1v) is 8.08. The van der Waals surface area contributed by atoms with Gasteiger partial charge in [-0.25, -0.2) is 4.79 Å². The van der Waals surface area contributed by atoms with E-state index in [-0.39, 0.29) is 19.1 Å². The van der Waals surface area contributed by atoms with Gasteiger partial charge in [0.25, 0.3) is 0 Å². The number of amides is 1. The van der Waals surface area contributed by atoms with Gasteiger partial charge >= 0.3 is 5.97 Å². The van der Waals surface area contributed by atoms with E-state index in [9.17, 15) is 9.59 Å². The van der Waals surface area contributed by atoms with Crippen molar-refractivity contribution in [3.8, 4) is 0 Å². The van der Waals surface area contributed by atoms with Gasteiger partial charge in [0.1, 0.15) is 5.54 Å². The number of nitrogens with zero attached hydrogens (tertiary/aromatic N) is 1. The molecule has 1 aromatic carbocycles. The zero-order valence-corrected chi connectivity index (χ0v) is 13.0. The van der Waals surface area contributed by atoms with Crippen LogP contribution in [0.3, 0.4) is 0 Å². The fourth-order valence-corrected chi connectivity index (χ4v) is 3.45. The van der Waals surface area contributed by atoms with Crippen LogP contribution in [0.25, 0.3) is 0 Å². The maximum atomic E-state index is 13.1. The van der Waals surface area contributed by atoms with Gasteiger partial charge in [-0.3, -0.25) is 4.79 Å². The van der Waals surface area contributed by atoms with Crippen LogP contribution in [0.5, 0.6) is 0 Å². The highest BCUT2D eigenvalue weighted by atomic mass is 16.5. The normalized spacial score (nSPS) is 23.5. The fourth-order valence-electron chi connectivity index (χ4n) is 3.45. The molecular weight excluding hydrogens is 296 g/mol. The molecule has 1 atom stereocenters. The number of hydrogen-bond donors (Lipinski definition) is 2. The SMILES string of the molecule is O=C(O)[C@H]1CN(C(=O)C2(Nc3ccccc3)CCCC2)CCO1. The summed E-state index contributed by atoms with van der Waals surface area (Å²) in [6, 6.07) is 9.71. The molecule has 2 fully saturated rings. The number of carbonyl (C=O) groups is 2. The number of benzene rings is 1. The number of carboxylic acids is 1. The first-order valence-electron chi connectivity index (χ1n) is 8.08. The average molecular weight is 318 g/mol. The van der Waals surface area contributed by atoms with E-state index in [1.54, 1.807) is 4.90 Å². The first-order chi connectivity index (χ1) is 11.1. The van der Waals surface area contributed by atoms with Gasteiger partial charge in [0.05, 0.1) is 13.2 Å². The van der Waals surface area contributed by atoms with Crippen molar-refractivity contribution in [3.63, 3.8) is 0 Å². The molecule has 1 aliphatic carbocycles. The second-order valence-electron chi connectivity index (χ2n) is 6.23. The zero-order valence-electron chi connectivity index (χ0n) is 13.0. The van der Waals surface area contributed by atoms with Crippen LogP contribution >= 0.6 is 0 Å². The Morgan fingerprint density at radius 2 is 1.91 bits per heavy atom. The summed E-state index contributed by atoms with van der Waals surface area (Å²) in [6.45, 7) is 0.831. The quantitative estimate of drug-likeness (QED) is 0.884. The van der Waals surface area contributed by atoms with Crippen LogP contribution in [0, 0.1) is 0 Å². The van der Waals surface area contributed by atoms with Gasteiger partial charge in [0.15, 0.2) is 6.10 Å². The minimum atomic E-state index is -1.01. The lowest BCUT2D eigenvalue weighted by molar-refractivity contribution is -0.160. The standard InChI is InChI=1S/C17H22N2O4/c20-15(21)14-12-19(10-11-23-14)16(22)17(8-4-5-9-17)18-13-6-2-1-3-7-13/h1-3,6-7,14,18H,4-5,8-12H2,(H,20,21)/t14-/m1/s1. The van der Waals surface area contributed by atoms with Gasteiger partial charge in [0, 0.05) is 12.2 Å². The summed E-state index contributed by atoms with van der Waals surface area (Å²) in [5, 5.41) is 12.5. The van der Waals surface area contributed by atoms with E-state index in [1.165, 1.54) is 0 Å². The Balaban J connectivity index is 1.77. The highest BCUT2D eigenvalue weighted by molar-refractivity contribution is 5.90. The van der Waals surface area contributed by atoms with E-state index in [0.29, 0.717) is 6.54 Å². The lowest BCUT2D eigenvalue weighted by Crippen LogP contribution is -2.57. The van der Waals surface area contributed by atoms with Gasteiger partial charge in [-0.2, -0.15) is 0 Å². The van der Waals surface area contributed by atoms with Crippen LogP contribution in [0.1, 0.15) is 25.7 Å². The predicted molar refractivity (Wildman–Crippen MR) is 85.2 cm³/mol. The van der Waals surface area contributed by atoms with Crippen molar-refractivity contribution in [3.05, 3.63) is 30.3 Å². The number of ether oxygens (including phenoxy) is 1. The first kappa shape index (κ1) is 15.8. The molecule has 1 saturated heterocycles. The van der Waals surface area contributed by atoms with Gasteiger partial charge in [-0.05, 0) is 25.0 Å². The van der Waals surface area contributed by atoms with E-state index in [1.807, 2.05) is 30.3 Å². The van der Waals surface area contributed by atoms with Crippen molar-refractivity contribution in [2.45, 2.75) is 37.3 Å². The third-order valence-corrected chi connectivity index (χ3v) is 4.65. The number of nitrogens with one attached hydrogen (secondary N) is 1. The second-order valence-corrected chi connectivity index (χ2v) is 6.23. The minimum absolute atomic E-state index is 0.00611. The predicted octanol–water partition coefficient (Wildman–Crippen LogP) is 1.72. The van der Waals surface area contributed by atoms with Crippen LogP contribution in [0.2, 0.25) is 0 Å². The Kier molecular flexibility index (Phi) is 4.52. The molecule has 1 aliphatic heterocycles. The average Bonchev–Trinajstić information content (AvgIpc) is 3.05. The molecule has 6 nitrogen and oxygen atoms in total. The molecule has 1 amide bonds. The lowest BCUT2D eigenvalue weighted by atomic mass is 9.94. The summed E-state index contributed by atoms with van der Waals surface area (Å²) in [7, 11) is 0. The van der Waals surface area contributed by atoms with Gasteiger partial charge < -0.3 is 20.1 Å². The molecule has 124 valence electrons. The van der Waals surface area contributed by atoms with Crippen LogP contribution < -0.4 is 5.32 Å². The smallest absolute Gasteiger partial charge is 0.334 e. The molecule has 3 rings (SSSR count). The van der Waals surface area contributed by atoms with Crippen molar-refractivity contribution in [1.82, 2.24) is 4.90 Å². The molecule has 0 aromatic heterocycles. The Morgan fingerprint density at radius 1 is 1.22 bits per heavy atom. The van der Waals surface area contributed by atoms with Crippen molar-refractivity contribution in [1.29, 1.82) is 0 Å². The number of morpholine rings is 1. The molecule has 2 N–H and O–H groups in total. The Hall–Kier alpha value is -2.08. The topological polar surface area (TPSA) is 78.9 Å². The van der Waals surface area contributed by atoms with Crippen LogP contribution in [-0.2, 0) is 14.3 Å². The molecule has 0 radical (unpaired) electrons. The maximum absolute atomic E-state index is 13.1. The maximum Gasteiger partial charge on any atom is 0.334 e. The van der Waals surface area contributed by atoms with Crippen molar-refractivity contribution in [2.24, 2.45) is 0 Å². The Bertz CT molecular complexity index is 569. The molecule has 1 saturated carbocycles. The zero-order chi connectivity index (χ0) is 16.3. The molecule has 6 heteroatoms. The van der Waals surface area contributed by atoms with E-state index in [2.05, 4.69) is 5.32 Å². The summed E-state index contributed by atoms with van der Waals surface area (Å²) in [4.78, 5) is 25.9. The van der Waals surface area contributed by atoms with E-state index >= 15 is 0 Å². The lowest BCUT2D eigenvalue weighted by Gasteiger charge is -2.39. The highest BCUT2D eigenvalue weighted by Gasteiger charge is 2.45. The Morgan fingerprint density at radius 3 is 2.57 bits per heavy atom. The largest absolute Gasteiger partial charge is 0.479 e. The molecular formula is C17H22N2O4.